The first-order chi connectivity index (χ1) is 10.9. The Balaban J connectivity index is 4.35. The summed E-state index contributed by atoms with van der Waals surface area (Å²) in [5, 5.41) is 20.2. The Kier molecular flexibility index (Phi) is 5.08. The molecule has 12 nitrogen and oxygen atoms in total. The second kappa shape index (κ2) is 6.34. The van der Waals surface area contributed by atoms with Crippen molar-refractivity contribution >= 4 is 38.2 Å². The van der Waals surface area contributed by atoms with Crippen LogP contribution in [0.1, 0.15) is 20.7 Å². The van der Waals surface area contributed by atoms with Crippen LogP contribution in [-0.2, 0) is 24.4 Å². The smallest absolute Gasteiger partial charge is 0.346 e. The minimum atomic E-state index is -5.42. The summed E-state index contributed by atoms with van der Waals surface area (Å²) in [6.07, 6.45) is 0.0246. The Morgan fingerprint density at radius 3 is 2.21 bits per heavy atom. The number of nitrogens with zero attached hydrogens (tertiary/aromatic N) is 1. The fourth-order valence-corrected chi connectivity index (χ4v) is 3.93. The molecule has 0 fully saturated rings. The quantitative estimate of drug-likeness (QED) is 0.163. The lowest BCUT2D eigenvalue weighted by molar-refractivity contribution is -0.388. The van der Waals surface area contributed by atoms with E-state index >= 15 is 0 Å². The summed E-state index contributed by atoms with van der Waals surface area (Å²) in [7, 11) is -10.7. The van der Waals surface area contributed by atoms with Crippen LogP contribution < -0.4 is 0 Å². The van der Waals surface area contributed by atoms with Gasteiger partial charge in [0.15, 0.2) is 6.29 Å². The predicted molar refractivity (Wildman–Crippen MR) is 73.7 cm³/mol. The number of hydrogen-bond donors (Lipinski definition) is 2. The molecule has 0 unspecified atom stereocenters. The largest absolute Gasteiger partial charge is 0.477 e. The summed E-state index contributed by atoms with van der Waals surface area (Å²) >= 11 is 0. The van der Waals surface area contributed by atoms with Gasteiger partial charge in [0.2, 0.25) is 4.90 Å². The van der Waals surface area contributed by atoms with Crippen LogP contribution in [0.3, 0.4) is 0 Å². The van der Waals surface area contributed by atoms with E-state index in [0.717, 1.165) is 0 Å². The van der Waals surface area contributed by atoms with Gasteiger partial charge in [-0.1, -0.05) is 6.58 Å². The van der Waals surface area contributed by atoms with Gasteiger partial charge in [-0.3, -0.25) is 19.5 Å². The molecule has 1 rings (SSSR count). The Morgan fingerprint density at radius 2 is 1.88 bits per heavy atom. The summed E-state index contributed by atoms with van der Waals surface area (Å²) in [4.78, 5) is 28.4. The van der Waals surface area contributed by atoms with E-state index in [2.05, 4.69) is 10.8 Å². The Bertz CT molecular complexity index is 959. The number of carbonyl (C=O) groups excluding carboxylic acids is 1. The second-order valence-electron chi connectivity index (χ2n) is 3.89. The van der Waals surface area contributed by atoms with Gasteiger partial charge in [0.1, 0.15) is 10.5 Å². The molecule has 1 aromatic rings. The van der Waals surface area contributed by atoms with Crippen molar-refractivity contribution < 1.29 is 45.2 Å². The molecule has 1 aromatic carbocycles. The van der Waals surface area contributed by atoms with Gasteiger partial charge in [-0.15, -0.1) is 0 Å². The van der Waals surface area contributed by atoms with Crippen molar-refractivity contribution in [1.82, 2.24) is 0 Å². The van der Waals surface area contributed by atoms with Gasteiger partial charge in [0.25, 0.3) is 10.1 Å². The van der Waals surface area contributed by atoms with E-state index in [0.29, 0.717) is 0 Å². The number of carboxylic acid groups (broad SMARTS) is 1. The first-order valence-electron chi connectivity index (χ1n) is 5.44. The van der Waals surface area contributed by atoms with Crippen LogP contribution in [0.4, 0.5) is 5.69 Å². The van der Waals surface area contributed by atoms with Crippen molar-refractivity contribution in [2.75, 3.05) is 0 Å². The number of carboxylic acids is 1. The zero-order valence-corrected chi connectivity index (χ0v) is 12.9. The third kappa shape index (κ3) is 3.39. The average Bonchev–Trinajstić information content (AvgIpc) is 2.43. The van der Waals surface area contributed by atoms with Crippen LogP contribution in [0.15, 0.2) is 28.7 Å². The van der Waals surface area contributed by atoms with Gasteiger partial charge in [-0.2, -0.15) is 16.8 Å². The van der Waals surface area contributed by atoms with Crippen molar-refractivity contribution in [3.8, 4) is 0 Å². The third-order valence-electron chi connectivity index (χ3n) is 2.50. The first-order valence-corrected chi connectivity index (χ1v) is 8.28. The van der Waals surface area contributed by atoms with E-state index in [-0.39, 0.29) is 18.6 Å². The van der Waals surface area contributed by atoms with Crippen molar-refractivity contribution in [2.24, 2.45) is 0 Å². The van der Waals surface area contributed by atoms with E-state index in [4.69, 9.17) is 9.66 Å². The molecule has 14 heteroatoms. The normalized spacial score (nSPS) is 11.5. The molecule has 0 aliphatic rings. The van der Waals surface area contributed by atoms with E-state index < -0.39 is 57.7 Å². The molecule has 24 heavy (non-hydrogen) atoms. The van der Waals surface area contributed by atoms with Gasteiger partial charge in [-0.05, 0) is 6.07 Å². The Hall–Kier alpha value is -2.84. The molecule has 0 heterocycles. The molecule has 0 bridgehead atoms. The van der Waals surface area contributed by atoms with E-state index in [9.17, 15) is 36.5 Å². The van der Waals surface area contributed by atoms with E-state index in [1.54, 1.807) is 0 Å². The number of benzene rings is 1. The molecule has 0 spiro atoms. The van der Waals surface area contributed by atoms with Gasteiger partial charge in [-0.25, -0.2) is 4.79 Å². The van der Waals surface area contributed by atoms with Crippen LogP contribution in [-0.4, -0.2) is 43.7 Å². The SMILES string of the molecule is C=COS(=O)(=O)c1c(S(=O)(=O)O)cc(C=O)c(C(=O)O)c1[N+](=O)[O-]. The van der Waals surface area contributed by atoms with Crippen LogP contribution in [0, 0.1) is 10.1 Å². The lowest BCUT2D eigenvalue weighted by Gasteiger charge is -2.11. The van der Waals surface area contributed by atoms with Gasteiger partial charge < -0.3 is 9.29 Å². The molecule has 0 amide bonds. The molecule has 0 aliphatic carbocycles. The molecule has 0 saturated carbocycles. The number of nitro benzene ring substituents is 1. The summed E-state index contributed by atoms with van der Waals surface area (Å²) in [5.74, 6) is -2.08. The number of nitro groups is 1. The second-order valence-corrected chi connectivity index (χ2v) is 6.79. The van der Waals surface area contributed by atoms with Crippen LogP contribution >= 0.6 is 0 Å². The van der Waals surface area contributed by atoms with Crippen molar-refractivity contribution in [3.63, 3.8) is 0 Å². The maximum absolute atomic E-state index is 11.9. The summed E-state index contributed by atoms with van der Waals surface area (Å²) in [5.41, 5.74) is -4.20. The number of carbonyl (C=O) groups is 2. The molecule has 0 radical (unpaired) electrons. The predicted octanol–water partition coefficient (Wildman–Crippen LogP) is 0.201. The molecular weight excluding hydrogens is 374 g/mol. The maximum atomic E-state index is 11.9. The minimum absolute atomic E-state index is 0.165. The summed E-state index contributed by atoms with van der Waals surface area (Å²) in [6, 6.07) is 0.165. The highest BCUT2D eigenvalue weighted by Crippen LogP contribution is 2.37. The zero-order chi connectivity index (χ0) is 18.9. The van der Waals surface area contributed by atoms with Crippen molar-refractivity contribution in [2.45, 2.75) is 9.79 Å². The molecular formula is C10H7NO11S2. The lowest BCUT2D eigenvalue weighted by atomic mass is 10.1. The third-order valence-corrected chi connectivity index (χ3v) is 4.81. The van der Waals surface area contributed by atoms with Crippen LogP contribution in [0.25, 0.3) is 0 Å². The lowest BCUT2D eigenvalue weighted by Crippen LogP contribution is -2.18. The fraction of sp³-hybridized carbons (Fsp3) is 0. The average molecular weight is 381 g/mol. The number of aromatic carboxylic acids is 1. The molecule has 0 aliphatic heterocycles. The van der Waals surface area contributed by atoms with Gasteiger partial charge in [0, 0.05) is 5.56 Å². The van der Waals surface area contributed by atoms with Gasteiger partial charge in [0.05, 0.1) is 11.2 Å². The fourth-order valence-electron chi connectivity index (χ4n) is 1.71. The minimum Gasteiger partial charge on any atom is -0.477 e. The molecule has 0 saturated heterocycles. The highest BCUT2D eigenvalue weighted by atomic mass is 32.2. The summed E-state index contributed by atoms with van der Waals surface area (Å²) < 4.78 is 59.7. The van der Waals surface area contributed by atoms with Crippen LogP contribution in [0.2, 0.25) is 0 Å². The number of aldehydes is 1. The number of hydrogen-bond acceptors (Lipinski definition) is 9. The topological polar surface area (TPSA) is 195 Å². The number of rotatable bonds is 7. The first kappa shape index (κ1) is 19.2. The molecule has 130 valence electrons. The highest BCUT2D eigenvalue weighted by Gasteiger charge is 2.41. The van der Waals surface area contributed by atoms with Gasteiger partial charge >= 0.3 is 21.8 Å². The standard InChI is InChI=1S/C10H7NO11S2/c1-2-22-24(20,21)9-6(23(17,18)19)3-5(4-12)7(10(13)14)8(9)11(15)16/h2-4H,1H2,(H,13,14)(H,17,18,19). The maximum Gasteiger partial charge on any atom is 0.346 e. The zero-order valence-electron chi connectivity index (χ0n) is 11.3. The van der Waals surface area contributed by atoms with Crippen molar-refractivity contribution in [3.05, 3.63) is 40.1 Å². The monoisotopic (exact) mass is 381 g/mol. The summed E-state index contributed by atoms with van der Waals surface area (Å²) in [6.45, 7) is 2.87. The Labute approximate surface area is 134 Å². The molecule has 2 N–H and O–H groups in total. The molecule has 0 aromatic heterocycles. The van der Waals surface area contributed by atoms with Crippen molar-refractivity contribution in [1.29, 1.82) is 0 Å². The molecule has 0 atom stereocenters. The van der Waals surface area contributed by atoms with Crippen LogP contribution in [0.5, 0.6) is 0 Å². The van der Waals surface area contributed by atoms with E-state index in [1.165, 1.54) is 0 Å². The highest BCUT2D eigenvalue weighted by molar-refractivity contribution is 7.89. The Morgan fingerprint density at radius 1 is 1.33 bits per heavy atom. The van der Waals surface area contributed by atoms with E-state index in [1.807, 2.05) is 0 Å².